The summed E-state index contributed by atoms with van der Waals surface area (Å²) in [6.45, 7) is 4.27. The Hall–Kier alpha value is -3.62. The number of fused-ring (bicyclic) bond motifs is 1. The summed E-state index contributed by atoms with van der Waals surface area (Å²) < 4.78 is 20.3. The molecular weight excluding hydrogens is 429 g/mol. The van der Waals surface area contributed by atoms with Crippen molar-refractivity contribution in [1.29, 1.82) is 5.26 Å². The van der Waals surface area contributed by atoms with E-state index in [0.29, 0.717) is 22.5 Å². The maximum atomic E-state index is 13.8. The van der Waals surface area contributed by atoms with Crippen molar-refractivity contribution in [3.05, 3.63) is 42.0 Å². The van der Waals surface area contributed by atoms with E-state index in [1.165, 1.54) is 51.5 Å². The number of halogens is 1. The molecule has 33 heavy (non-hydrogen) atoms. The number of imidazole rings is 1. The van der Waals surface area contributed by atoms with Crippen LogP contribution in [0.3, 0.4) is 0 Å². The fourth-order valence-electron chi connectivity index (χ4n) is 2.95. The van der Waals surface area contributed by atoms with Gasteiger partial charge in [-0.25, -0.2) is 19.3 Å². The number of amides is 1. The quantitative estimate of drug-likeness (QED) is 0.527. The van der Waals surface area contributed by atoms with E-state index in [1.807, 2.05) is 6.07 Å². The standard InChI is InChI=1S/C18H18FN7O2.C4H8O/c1-18(2,28)14(19)8-24-17(27)11-7-22-15(4-12(11)21)26-9-25-13-3-10(5-20)6-23-16(13)26;1-2-4-5-3-1/h3-4,6-7,9,14,28H,8H2,1-2H3,(H2,21,22)(H,24,27);1-4H2. The van der Waals surface area contributed by atoms with Gasteiger partial charge in [-0.05, 0) is 32.8 Å². The van der Waals surface area contributed by atoms with Gasteiger partial charge >= 0.3 is 0 Å². The van der Waals surface area contributed by atoms with E-state index in [9.17, 15) is 14.3 Å². The van der Waals surface area contributed by atoms with Gasteiger partial charge in [0.15, 0.2) is 5.65 Å². The van der Waals surface area contributed by atoms with Crippen molar-refractivity contribution in [3.8, 4) is 11.9 Å². The van der Waals surface area contributed by atoms with Crippen molar-refractivity contribution in [2.75, 3.05) is 25.5 Å². The molecule has 0 saturated carbocycles. The Bertz CT molecular complexity index is 1160. The summed E-state index contributed by atoms with van der Waals surface area (Å²) in [6, 6.07) is 5.06. The molecule has 3 aromatic rings. The van der Waals surface area contributed by atoms with Crippen molar-refractivity contribution in [2.24, 2.45) is 0 Å². The normalized spacial score (nSPS) is 14.3. The van der Waals surface area contributed by atoms with Crippen molar-refractivity contribution < 1.29 is 19.0 Å². The molecule has 4 rings (SSSR count). The lowest BCUT2D eigenvalue weighted by Gasteiger charge is -2.22. The number of carbonyl (C=O) groups is 1. The minimum atomic E-state index is -1.63. The Morgan fingerprint density at radius 2 is 2.06 bits per heavy atom. The summed E-state index contributed by atoms with van der Waals surface area (Å²) in [4.78, 5) is 24.8. The second-order valence-electron chi connectivity index (χ2n) is 8.07. The number of nitrogens with two attached hydrogens (primary N) is 1. The largest absolute Gasteiger partial charge is 0.398 e. The Morgan fingerprint density at radius 3 is 2.64 bits per heavy atom. The number of rotatable bonds is 5. The van der Waals surface area contributed by atoms with Gasteiger partial charge in [0.1, 0.15) is 29.9 Å². The van der Waals surface area contributed by atoms with Crippen LogP contribution in [0.25, 0.3) is 17.0 Å². The van der Waals surface area contributed by atoms with Gasteiger partial charge in [0.2, 0.25) is 0 Å². The lowest BCUT2D eigenvalue weighted by molar-refractivity contribution is -0.00177. The molecule has 0 aromatic carbocycles. The number of alkyl halides is 1. The molecule has 4 N–H and O–H groups in total. The van der Waals surface area contributed by atoms with Crippen LogP contribution in [0.4, 0.5) is 10.1 Å². The van der Waals surface area contributed by atoms with Crippen molar-refractivity contribution >= 4 is 22.8 Å². The third-order valence-corrected chi connectivity index (χ3v) is 4.97. The first-order valence-electron chi connectivity index (χ1n) is 10.4. The van der Waals surface area contributed by atoms with E-state index in [-0.39, 0.29) is 17.8 Å². The summed E-state index contributed by atoms with van der Waals surface area (Å²) in [5.74, 6) is -0.218. The van der Waals surface area contributed by atoms with Crippen molar-refractivity contribution in [1.82, 2.24) is 24.8 Å². The van der Waals surface area contributed by atoms with Crippen molar-refractivity contribution in [2.45, 2.75) is 38.5 Å². The molecule has 1 saturated heterocycles. The number of nitrogens with one attached hydrogen (secondary N) is 1. The molecule has 0 bridgehead atoms. The molecule has 0 radical (unpaired) electrons. The summed E-state index contributed by atoms with van der Waals surface area (Å²) in [5.41, 5.74) is 6.00. The minimum Gasteiger partial charge on any atom is -0.398 e. The molecule has 1 unspecified atom stereocenters. The van der Waals surface area contributed by atoms with E-state index in [1.54, 1.807) is 10.6 Å². The van der Waals surface area contributed by atoms with E-state index in [0.717, 1.165) is 13.2 Å². The van der Waals surface area contributed by atoms with Gasteiger partial charge < -0.3 is 20.9 Å². The number of hydrogen-bond acceptors (Lipinski definition) is 8. The molecule has 4 heterocycles. The van der Waals surface area contributed by atoms with Crippen LogP contribution in [-0.4, -0.2) is 62.1 Å². The van der Waals surface area contributed by atoms with Gasteiger partial charge in [0.25, 0.3) is 5.91 Å². The smallest absolute Gasteiger partial charge is 0.255 e. The van der Waals surface area contributed by atoms with Crippen LogP contribution < -0.4 is 11.1 Å². The maximum absolute atomic E-state index is 13.8. The lowest BCUT2D eigenvalue weighted by atomic mass is 10.0. The van der Waals surface area contributed by atoms with E-state index in [4.69, 9.17) is 15.7 Å². The molecule has 0 spiro atoms. The average Bonchev–Trinajstić information content (AvgIpc) is 3.49. The van der Waals surface area contributed by atoms with Gasteiger partial charge in [-0.15, -0.1) is 0 Å². The molecule has 1 fully saturated rings. The molecule has 1 atom stereocenters. The highest BCUT2D eigenvalue weighted by Crippen LogP contribution is 2.20. The van der Waals surface area contributed by atoms with E-state index in [2.05, 4.69) is 20.3 Å². The lowest BCUT2D eigenvalue weighted by Crippen LogP contribution is -2.42. The van der Waals surface area contributed by atoms with E-state index >= 15 is 0 Å². The second-order valence-corrected chi connectivity index (χ2v) is 8.07. The second kappa shape index (κ2) is 10.3. The first-order valence-corrected chi connectivity index (χ1v) is 10.4. The van der Waals surface area contributed by atoms with Crippen LogP contribution in [0.2, 0.25) is 0 Å². The monoisotopic (exact) mass is 455 g/mol. The van der Waals surface area contributed by atoms with Crippen LogP contribution in [-0.2, 0) is 4.74 Å². The Balaban J connectivity index is 0.000000541. The van der Waals surface area contributed by atoms with Gasteiger partial charge in [-0.3, -0.25) is 9.36 Å². The number of anilines is 1. The highest BCUT2D eigenvalue weighted by atomic mass is 19.1. The number of pyridine rings is 2. The zero-order valence-corrected chi connectivity index (χ0v) is 18.5. The number of aliphatic hydroxyl groups is 1. The maximum Gasteiger partial charge on any atom is 0.255 e. The van der Waals surface area contributed by atoms with Crippen LogP contribution >= 0.6 is 0 Å². The van der Waals surface area contributed by atoms with Crippen LogP contribution in [0.1, 0.15) is 42.6 Å². The summed E-state index contributed by atoms with van der Waals surface area (Å²) in [7, 11) is 0. The van der Waals surface area contributed by atoms with Crippen LogP contribution in [0.5, 0.6) is 0 Å². The fourth-order valence-corrected chi connectivity index (χ4v) is 2.95. The van der Waals surface area contributed by atoms with Gasteiger partial charge in [0, 0.05) is 37.4 Å². The Labute approximate surface area is 190 Å². The molecule has 1 amide bonds. The summed E-state index contributed by atoms with van der Waals surface area (Å²) in [6.07, 6.45) is 5.10. The van der Waals surface area contributed by atoms with Gasteiger partial charge in [-0.2, -0.15) is 5.26 Å². The number of nitriles is 1. The summed E-state index contributed by atoms with van der Waals surface area (Å²) in [5, 5.41) is 20.9. The van der Waals surface area contributed by atoms with E-state index < -0.39 is 17.7 Å². The average molecular weight is 455 g/mol. The van der Waals surface area contributed by atoms with Gasteiger partial charge in [-0.1, -0.05) is 0 Å². The zero-order valence-electron chi connectivity index (χ0n) is 18.5. The predicted molar refractivity (Wildman–Crippen MR) is 119 cm³/mol. The Kier molecular flexibility index (Phi) is 7.52. The third kappa shape index (κ3) is 6.00. The fraction of sp³-hybridized carbons (Fsp3) is 0.409. The molecule has 3 aromatic heterocycles. The first kappa shape index (κ1) is 24.0. The highest BCUT2D eigenvalue weighted by molar-refractivity contribution is 5.99. The number of aromatic nitrogens is 4. The topological polar surface area (TPSA) is 152 Å². The minimum absolute atomic E-state index is 0.0795. The Morgan fingerprint density at radius 1 is 1.33 bits per heavy atom. The number of nitrogens with zero attached hydrogens (tertiary/aromatic N) is 5. The predicted octanol–water partition coefficient (Wildman–Crippen LogP) is 1.90. The molecule has 0 aliphatic carbocycles. The number of hydrogen-bond donors (Lipinski definition) is 3. The SMILES string of the molecule is C1CCOC1.CC(C)(O)C(F)CNC(=O)c1cnc(-n2cnc3cc(C#N)cnc32)cc1N. The van der Waals surface area contributed by atoms with Crippen molar-refractivity contribution in [3.63, 3.8) is 0 Å². The molecular formula is C22H26FN7O3. The van der Waals surface area contributed by atoms with Crippen LogP contribution in [0, 0.1) is 11.3 Å². The number of nitrogen functional groups attached to an aromatic ring is 1. The first-order chi connectivity index (χ1) is 15.7. The van der Waals surface area contributed by atoms with Crippen LogP contribution in [0.15, 0.2) is 30.9 Å². The summed E-state index contributed by atoms with van der Waals surface area (Å²) >= 11 is 0. The highest BCUT2D eigenvalue weighted by Gasteiger charge is 2.27. The molecule has 11 heteroatoms. The number of ether oxygens (including phenoxy) is 1. The molecule has 10 nitrogen and oxygen atoms in total. The molecule has 1 aliphatic heterocycles. The number of carbonyl (C=O) groups excluding carboxylic acids is 1. The van der Waals surface area contributed by atoms with Gasteiger partial charge in [0.05, 0.1) is 23.3 Å². The third-order valence-electron chi connectivity index (χ3n) is 4.97. The molecule has 174 valence electrons. The zero-order chi connectivity index (χ0) is 24.0. The molecule has 1 aliphatic rings.